The first-order valence-electron chi connectivity index (χ1n) is 6.29. The molecule has 1 unspecified atom stereocenters. The van der Waals surface area contributed by atoms with E-state index in [-0.39, 0.29) is 6.04 Å². The van der Waals surface area contributed by atoms with Gasteiger partial charge >= 0.3 is 0 Å². The van der Waals surface area contributed by atoms with E-state index in [1.54, 1.807) is 18.2 Å². The zero-order valence-corrected chi connectivity index (χ0v) is 11.6. The maximum absolute atomic E-state index is 12.2. The van der Waals surface area contributed by atoms with Gasteiger partial charge in [-0.2, -0.15) is 0 Å². The molecule has 0 amide bonds. The van der Waals surface area contributed by atoms with Crippen molar-refractivity contribution in [2.24, 2.45) is 5.92 Å². The Hall–Kier alpha value is -0.910. The average Bonchev–Trinajstić information content (AvgIpc) is 3.13. The standard InChI is InChI=1S/C13H20N2O2S/c1-10(12-6-7-12)15-18(16,17)13-5-3-4-11(8-13)9-14-2/h3-5,8,10,12,14-15H,6-7,9H2,1-2H3. The molecule has 0 aliphatic heterocycles. The van der Waals surface area contributed by atoms with Crippen LogP contribution >= 0.6 is 0 Å². The van der Waals surface area contributed by atoms with E-state index in [0.717, 1.165) is 18.4 Å². The van der Waals surface area contributed by atoms with Gasteiger partial charge in [0.05, 0.1) is 4.90 Å². The van der Waals surface area contributed by atoms with Gasteiger partial charge < -0.3 is 5.32 Å². The van der Waals surface area contributed by atoms with Crippen molar-refractivity contribution in [2.45, 2.75) is 37.2 Å². The van der Waals surface area contributed by atoms with E-state index in [2.05, 4.69) is 10.0 Å². The summed E-state index contributed by atoms with van der Waals surface area (Å²) >= 11 is 0. The van der Waals surface area contributed by atoms with Gasteiger partial charge in [0, 0.05) is 12.6 Å². The molecule has 0 bridgehead atoms. The van der Waals surface area contributed by atoms with Crippen LogP contribution in [0.15, 0.2) is 29.2 Å². The van der Waals surface area contributed by atoms with Crippen molar-refractivity contribution in [3.8, 4) is 0 Å². The average molecular weight is 268 g/mol. The van der Waals surface area contributed by atoms with Crippen LogP contribution in [0.5, 0.6) is 0 Å². The molecule has 0 radical (unpaired) electrons. The molecule has 2 rings (SSSR count). The number of rotatable bonds is 6. The molecular weight excluding hydrogens is 248 g/mol. The summed E-state index contributed by atoms with van der Waals surface area (Å²) in [5.41, 5.74) is 0.972. The Morgan fingerprint density at radius 1 is 1.39 bits per heavy atom. The molecule has 4 nitrogen and oxygen atoms in total. The zero-order chi connectivity index (χ0) is 13.2. The van der Waals surface area contributed by atoms with Crippen LogP contribution < -0.4 is 10.0 Å². The molecule has 5 heteroatoms. The Morgan fingerprint density at radius 3 is 2.72 bits per heavy atom. The zero-order valence-electron chi connectivity index (χ0n) is 10.8. The molecule has 18 heavy (non-hydrogen) atoms. The van der Waals surface area contributed by atoms with E-state index in [1.165, 1.54) is 0 Å². The van der Waals surface area contributed by atoms with Crippen LogP contribution in [0.1, 0.15) is 25.3 Å². The Balaban J connectivity index is 2.15. The van der Waals surface area contributed by atoms with Gasteiger partial charge in [-0.25, -0.2) is 13.1 Å². The highest BCUT2D eigenvalue weighted by molar-refractivity contribution is 7.89. The van der Waals surface area contributed by atoms with Crippen LogP contribution in [0, 0.1) is 5.92 Å². The van der Waals surface area contributed by atoms with Gasteiger partial charge in [-0.1, -0.05) is 12.1 Å². The number of hydrogen-bond donors (Lipinski definition) is 2. The summed E-state index contributed by atoms with van der Waals surface area (Å²) in [6.45, 7) is 2.61. The van der Waals surface area contributed by atoms with Crippen molar-refractivity contribution in [2.75, 3.05) is 7.05 Å². The second kappa shape index (κ2) is 5.38. The molecule has 100 valence electrons. The predicted octanol–water partition coefficient (Wildman–Crippen LogP) is 1.48. The Kier molecular flexibility index (Phi) is 4.04. The molecule has 0 spiro atoms. The molecule has 1 aliphatic rings. The van der Waals surface area contributed by atoms with Gasteiger partial charge in [-0.3, -0.25) is 0 Å². The summed E-state index contributed by atoms with van der Waals surface area (Å²) < 4.78 is 27.2. The first-order valence-corrected chi connectivity index (χ1v) is 7.77. The molecule has 0 aromatic heterocycles. The maximum Gasteiger partial charge on any atom is 0.240 e. The van der Waals surface area contributed by atoms with E-state index < -0.39 is 10.0 Å². The molecule has 1 saturated carbocycles. The number of benzene rings is 1. The fraction of sp³-hybridized carbons (Fsp3) is 0.538. The molecule has 1 fully saturated rings. The normalized spacial score (nSPS) is 17.7. The molecule has 1 atom stereocenters. The van der Waals surface area contributed by atoms with E-state index in [0.29, 0.717) is 17.4 Å². The van der Waals surface area contributed by atoms with E-state index in [1.807, 2.05) is 20.0 Å². The van der Waals surface area contributed by atoms with E-state index in [9.17, 15) is 8.42 Å². The van der Waals surface area contributed by atoms with Crippen molar-refractivity contribution in [3.05, 3.63) is 29.8 Å². The second-order valence-corrected chi connectivity index (χ2v) is 6.64. The van der Waals surface area contributed by atoms with Crippen molar-refractivity contribution in [1.82, 2.24) is 10.0 Å². The monoisotopic (exact) mass is 268 g/mol. The largest absolute Gasteiger partial charge is 0.316 e. The number of nitrogens with one attached hydrogen (secondary N) is 2. The van der Waals surface area contributed by atoms with Crippen LogP contribution in [-0.2, 0) is 16.6 Å². The van der Waals surface area contributed by atoms with Crippen molar-refractivity contribution >= 4 is 10.0 Å². The minimum Gasteiger partial charge on any atom is -0.316 e. The van der Waals surface area contributed by atoms with Crippen LogP contribution in [0.2, 0.25) is 0 Å². The highest BCUT2D eigenvalue weighted by Gasteiger charge is 2.31. The quantitative estimate of drug-likeness (QED) is 0.821. The lowest BCUT2D eigenvalue weighted by Crippen LogP contribution is -2.34. The first kappa shape index (κ1) is 13.5. The lowest BCUT2D eigenvalue weighted by molar-refractivity contribution is 0.538. The maximum atomic E-state index is 12.2. The molecular formula is C13H20N2O2S. The van der Waals surface area contributed by atoms with Crippen LogP contribution in [0.4, 0.5) is 0 Å². The summed E-state index contributed by atoms with van der Waals surface area (Å²) in [5, 5.41) is 3.02. The molecule has 1 aromatic rings. The van der Waals surface area contributed by atoms with Crippen LogP contribution in [0.3, 0.4) is 0 Å². The third-order valence-corrected chi connectivity index (χ3v) is 4.82. The van der Waals surface area contributed by atoms with Gasteiger partial charge in [-0.15, -0.1) is 0 Å². The van der Waals surface area contributed by atoms with Crippen LogP contribution in [-0.4, -0.2) is 21.5 Å². The van der Waals surface area contributed by atoms with Crippen molar-refractivity contribution < 1.29 is 8.42 Å². The molecule has 2 N–H and O–H groups in total. The third-order valence-electron chi connectivity index (χ3n) is 3.26. The molecule has 1 aliphatic carbocycles. The molecule has 0 heterocycles. The highest BCUT2D eigenvalue weighted by Crippen LogP contribution is 2.33. The summed E-state index contributed by atoms with van der Waals surface area (Å²) in [6, 6.07) is 7.09. The minimum atomic E-state index is -3.38. The van der Waals surface area contributed by atoms with Crippen molar-refractivity contribution in [1.29, 1.82) is 0 Å². The Morgan fingerprint density at radius 2 is 2.11 bits per heavy atom. The Bertz CT molecular complexity index is 509. The Labute approximate surface area is 109 Å². The summed E-state index contributed by atoms with van der Waals surface area (Å²) in [7, 11) is -1.54. The molecule has 1 aromatic carbocycles. The summed E-state index contributed by atoms with van der Waals surface area (Å²) in [4.78, 5) is 0.350. The number of sulfonamides is 1. The lowest BCUT2D eigenvalue weighted by atomic mass is 10.2. The predicted molar refractivity (Wildman–Crippen MR) is 71.7 cm³/mol. The fourth-order valence-electron chi connectivity index (χ4n) is 2.03. The minimum absolute atomic E-state index is 0.0305. The smallest absolute Gasteiger partial charge is 0.240 e. The van der Waals surface area contributed by atoms with Gasteiger partial charge in [0.1, 0.15) is 0 Å². The van der Waals surface area contributed by atoms with Crippen molar-refractivity contribution in [3.63, 3.8) is 0 Å². The lowest BCUT2D eigenvalue weighted by Gasteiger charge is -2.13. The van der Waals surface area contributed by atoms with Gasteiger partial charge in [0.15, 0.2) is 0 Å². The molecule has 0 saturated heterocycles. The second-order valence-electron chi connectivity index (χ2n) is 4.93. The van der Waals surface area contributed by atoms with Gasteiger partial charge in [-0.05, 0) is 50.4 Å². The number of hydrogen-bond acceptors (Lipinski definition) is 3. The van der Waals surface area contributed by atoms with E-state index >= 15 is 0 Å². The SMILES string of the molecule is CNCc1cccc(S(=O)(=O)NC(C)C2CC2)c1. The van der Waals surface area contributed by atoms with Gasteiger partial charge in [0.2, 0.25) is 10.0 Å². The van der Waals surface area contributed by atoms with E-state index in [4.69, 9.17) is 0 Å². The van der Waals surface area contributed by atoms with Gasteiger partial charge in [0.25, 0.3) is 0 Å². The highest BCUT2D eigenvalue weighted by atomic mass is 32.2. The fourth-order valence-corrected chi connectivity index (χ4v) is 3.41. The first-order chi connectivity index (χ1) is 8.53. The summed E-state index contributed by atoms with van der Waals surface area (Å²) in [5.74, 6) is 0.514. The third kappa shape index (κ3) is 3.31. The topological polar surface area (TPSA) is 58.2 Å². The summed E-state index contributed by atoms with van der Waals surface area (Å²) in [6.07, 6.45) is 2.26. The van der Waals surface area contributed by atoms with Crippen LogP contribution in [0.25, 0.3) is 0 Å².